The average molecular weight is 691 g/mol. The van der Waals surface area contributed by atoms with Crippen molar-refractivity contribution in [3.05, 3.63) is 35.2 Å². The normalized spacial score (nSPS) is 21.1. The second-order valence-electron chi connectivity index (χ2n) is 12.1. The zero-order chi connectivity index (χ0) is 35.1. The number of aromatic nitrogens is 1. The number of amides is 2. The molecule has 1 aliphatic heterocycles. The first kappa shape index (κ1) is 38.2. The summed E-state index contributed by atoms with van der Waals surface area (Å²) in [6.07, 6.45) is -5.60. The Hall–Kier alpha value is -3.21. The molecule has 47 heavy (non-hydrogen) atoms. The summed E-state index contributed by atoms with van der Waals surface area (Å²) in [6.45, 7) is 8.28. The first-order chi connectivity index (χ1) is 21.9. The molecule has 0 saturated carbocycles. The van der Waals surface area contributed by atoms with Crippen LogP contribution in [0.2, 0.25) is 0 Å². The quantitative estimate of drug-likeness (QED) is 0.382. The van der Waals surface area contributed by atoms with Crippen molar-refractivity contribution in [1.29, 1.82) is 0 Å². The lowest BCUT2D eigenvalue weighted by Crippen LogP contribution is -2.48. The Balaban J connectivity index is 1.95. The maximum absolute atomic E-state index is 14.2. The van der Waals surface area contributed by atoms with Crippen LogP contribution in [-0.4, -0.2) is 97.5 Å². The zero-order valence-electron chi connectivity index (χ0n) is 27.6. The Kier molecular flexibility index (Phi) is 13.2. The predicted molar refractivity (Wildman–Crippen MR) is 167 cm³/mol. The number of alkyl halides is 3. The highest BCUT2D eigenvalue weighted by Gasteiger charge is 2.34. The molecule has 16 heteroatoms. The van der Waals surface area contributed by atoms with Gasteiger partial charge >= 0.3 is 6.18 Å². The molecule has 0 bridgehead atoms. The number of aliphatic hydroxyl groups excluding tert-OH is 1. The summed E-state index contributed by atoms with van der Waals surface area (Å²) in [5, 5.41) is 16.3. The maximum Gasteiger partial charge on any atom is 0.389 e. The van der Waals surface area contributed by atoms with Gasteiger partial charge in [-0.3, -0.25) is 9.59 Å². The Morgan fingerprint density at radius 2 is 1.94 bits per heavy atom. The van der Waals surface area contributed by atoms with Gasteiger partial charge in [0.25, 0.3) is 5.91 Å². The number of halogens is 3. The van der Waals surface area contributed by atoms with E-state index in [-0.39, 0.29) is 52.5 Å². The van der Waals surface area contributed by atoms with E-state index in [9.17, 15) is 36.3 Å². The van der Waals surface area contributed by atoms with Gasteiger partial charge in [0.1, 0.15) is 16.3 Å². The van der Waals surface area contributed by atoms with Gasteiger partial charge in [0.15, 0.2) is 5.76 Å². The minimum absolute atomic E-state index is 0.0221. The molecule has 2 aromatic rings. The van der Waals surface area contributed by atoms with Crippen LogP contribution in [-0.2, 0) is 19.6 Å². The summed E-state index contributed by atoms with van der Waals surface area (Å²) >= 11 is 0. The number of carbonyl (C=O) groups excluding carboxylic acids is 2. The number of likely N-dealkylation sites (N-methyl/N-ethyl adjacent to an activating group) is 1. The molecule has 0 fully saturated rings. The first-order valence-electron chi connectivity index (χ1n) is 15.5. The molecule has 3 rings (SSSR count). The summed E-state index contributed by atoms with van der Waals surface area (Å²) < 4.78 is 83.6. The lowest BCUT2D eigenvalue weighted by atomic mass is 10.0. The molecule has 0 radical (unpaired) electrons. The fourth-order valence-electron chi connectivity index (χ4n) is 5.29. The van der Waals surface area contributed by atoms with Gasteiger partial charge in [-0.25, -0.2) is 8.42 Å². The zero-order valence-corrected chi connectivity index (χ0v) is 28.4. The van der Waals surface area contributed by atoms with Crippen molar-refractivity contribution in [2.24, 2.45) is 5.92 Å². The molecule has 0 spiro atoms. The van der Waals surface area contributed by atoms with E-state index in [0.29, 0.717) is 25.9 Å². The summed E-state index contributed by atoms with van der Waals surface area (Å²) in [7, 11) is -2.57. The fraction of sp³-hybridized carbons (Fsp3) is 0.645. The molecule has 0 aliphatic carbocycles. The maximum atomic E-state index is 14.2. The Morgan fingerprint density at radius 3 is 2.55 bits per heavy atom. The number of benzene rings is 1. The molecule has 1 aliphatic rings. The number of nitrogens with one attached hydrogen (secondary N) is 1. The summed E-state index contributed by atoms with van der Waals surface area (Å²) in [6, 6.07) is 3.59. The lowest BCUT2D eigenvalue weighted by molar-refractivity contribution is -0.142. The smallest absolute Gasteiger partial charge is 0.389 e. The number of aryl methyl sites for hydroxylation is 2. The topological polar surface area (TPSA) is 152 Å². The van der Waals surface area contributed by atoms with Crippen LogP contribution < -0.4 is 10.1 Å². The molecule has 2 amide bonds. The van der Waals surface area contributed by atoms with Crippen LogP contribution in [0, 0.1) is 19.8 Å². The van der Waals surface area contributed by atoms with Crippen molar-refractivity contribution in [3.63, 3.8) is 0 Å². The van der Waals surface area contributed by atoms with Crippen molar-refractivity contribution in [1.82, 2.24) is 14.4 Å². The number of sulfonamides is 1. The van der Waals surface area contributed by atoms with Gasteiger partial charge in [0.2, 0.25) is 15.9 Å². The highest BCUT2D eigenvalue weighted by Crippen LogP contribution is 2.30. The van der Waals surface area contributed by atoms with E-state index in [4.69, 9.17) is 14.0 Å². The standard InChI is InChI=1S/C31H45F3N4O8S/c1-19-16-38(20(2)18-39)30(41)25-15-24(35-28(40)12-13-31(32,33)34)10-11-26(25)45-21(3)9-7-8-14-44-27(19)17-37(6)47(42,43)29-22(4)36-46-23(29)5/h10-11,15,19-21,27,39H,7-9,12-14,16-18H2,1-6H3,(H,35,40)/t19-,20-,21-,27+/m1/s1. The van der Waals surface area contributed by atoms with Crippen LogP contribution >= 0.6 is 0 Å². The van der Waals surface area contributed by atoms with Gasteiger partial charge in [-0.05, 0) is 65.2 Å². The number of anilines is 1. The number of nitrogens with zero attached hydrogens (tertiary/aromatic N) is 3. The molecule has 0 unspecified atom stereocenters. The van der Waals surface area contributed by atoms with E-state index in [1.807, 2.05) is 13.8 Å². The lowest BCUT2D eigenvalue weighted by Gasteiger charge is -2.35. The van der Waals surface area contributed by atoms with Crippen LogP contribution in [0.4, 0.5) is 18.9 Å². The average Bonchev–Trinajstić information content (AvgIpc) is 3.35. The summed E-state index contributed by atoms with van der Waals surface area (Å²) in [5.41, 5.74) is 0.387. The molecule has 2 heterocycles. The van der Waals surface area contributed by atoms with Crippen molar-refractivity contribution in [2.45, 2.75) is 96.0 Å². The van der Waals surface area contributed by atoms with Gasteiger partial charge in [-0.15, -0.1) is 0 Å². The number of hydrogen-bond acceptors (Lipinski definition) is 9. The number of ether oxygens (including phenoxy) is 2. The fourth-order valence-corrected chi connectivity index (χ4v) is 6.76. The molecule has 12 nitrogen and oxygen atoms in total. The van der Waals surface area contributed by atoms with Crippen LogP contribution in [0.1, 0.15) is 74.7 Å². The Bertz CT molecular complexity index is 1460. The number of carbonyl (C=O) groups is 2. The molecule has 1 aromatic carbocycles. The van der Waals surface area contributed by atoms with Crippen molar-refractivity contribution in [2.75, 3.05) is 38.7 Å². The molecular formula is C31H45F3N4O8S. The van der Waals surface area contributed by atoms with Gasteiger partial charge < -0.3 is 29.3 Å². The number of aliphatic hydroxyl groups is 1. The van der Waals surface area contributed by atoms with Gasteiger partial charge in [0, 0.05) is 44.8 Å². The van der Waals surface area contributed by atoms with Crippen LogP contribution in [0.25, 0.3) is 0 Å². The highest BCUT2D eigenvalue weighted by atomic mass is 32.2. The third-order valence-electron chi connectivity index (χ3n) is 8.04. The summed E-state index contributed by atoms with van der Waals surface area (Å²) in [4.78, 5) is 27.8. The van der Waals surface area contributed by atoms with Crippen molar-refractivity contribution < 1.29 is 50.3 Å². The van der Waals surface area contributed by atoms with E-state index in [1.165, 1.54) is 41.4 Å². The van der Waals surface area contributed by atoms with E-state index >= 15 is 0 Å². The van der Waals surface area contributed by atoms with Crippen LogP contribution in [0.5, 0.6) is 5.75 Å². The number of fused-ring (bicyclic) bond motifs is 1. The first-order valence-corrected chi connectivity index (χ1v) is 17.0. The molecular weight excluding hydrogens is 645 g/mol. The van der Waals surface area contributed by atoms with Crippen LogP contribution in [0.15, 0.2) is 27.6 Å². The van der Waals surface area contributed by atoms with E-state index in [0.717, 1.165) is 0 Å². The second kappa shape index (κ2) is 16.3. The minimum Gasteiger partial charge on any atom is -0.490 e. The monoisotopic (exact) mass is 690 g/mol. The van der Waals surface area contributed by atoms with Gasteiger partial charge in [-0.1, -0.05) is 12.1 Å². The Labute approximate surface area is 273 Å². The van der Waals surface area contributed by atoms with E-state index in [2.05, 4.69) is 10.5 Å². The molecule has 0 saturated heterocycles. The van der Waals surface area contributed by atoms with Gasteiger partial charge in [-0.2, -0.15) is 17.5 Å². The highest BCUT2D eigenvalue weighted by molar-refractivity contribution is 7.89. The third kappa shape index (κ3) is 10.4. The Morgan fingerprint density at radius 1 is 1.23 bits per heavy atom. The van der Waals surface area contributed by atoms with E-state index in [1.54, 1.807) is 13.8 Å². The molecule has 264 valence electrons. The van der Waals surface area contributed by atoms with Crippen molar-refractivity contribution in [3.8, 4) is 5.75 Å². The second-order valence-corrected chi connectivity index (χ2v) is 14.1. The molecule has 4 atom stereocenters. The van der Waals surface area contributed by atoms with E-state index < -0.39 is 65.5 Å². The number of rotatable bonds is 9. The van der Waals surface area contributed by atoms with Gasteiger partial charge in [0.05, 0.1) is 36.8 Å². The third-order valence-corrected chi connectivity index (χ3v) is 10.1. The minimum atomic E-state index is -4.50. The largest absolute Gasteiger partial charge is 0.490 e. The molecule has 2 N–H and O–H groups in total. The van der Waals surface area contributed by atoms with Crippen molar-refractivity contribution >= 4 is 27.5 Å². The summed E-state index contributed by atoms with van der Waals surface area (Å²) in [5.74, 6) is -1.48. The predicted octanol–water partition coefficient (Wildman–Crippen LogP) is 4.69. The molecule has 1 aromatic heterocycles. The SMILES string of the molecule is Cc1noc(C)c1S(=O)(=O)N(C)C[C@@H]1OCCCC[C@@H](C)Oc2ccc(NC(=O)CCC(F)(F)F)cc2C(=O)N([C@H](C)CO)C[C@H]1C. The van der Waals surface area contributed by atoms with Crippen LogP contribution in [0.3, 0.4) is 0 Å². The number of hydrogen-bond donors (Lipinski definition) is 2.